The van der Waals surface area contributed by atoms with Crippen LogP contribution >= 0.6 is 11.8 Å². The summed E-state index contributed by atoms with van der Waals surface area (Å²) in [6.45, 7) is 1.94. The van der Waals surface area contributed by atoms with Crippen LogP contribution in [0.2, 0.25) is 0 Å². The normalized spacial score (nSPS) is 11.8. The highest BCUT2D eigenvalue weighted by Crippen LogP contribution is 2.32. The van der Waals surface area contributed by atoms with E-state index in [9.17, 15) is 14.4 Å². The number of anilines is 2. The number of carbonyl (C=O) groups excluding carboxylic acids is 3. The standard InChI is InChI=1S/C38H35N3O5S/c1-4-35(38(44)40-32-21-20-29(45-2)24-34(32)46-3)47-30-18-11-17-28(23-30)39-37(43)33(41-36(42)26-13-6-5-7-14-26)22-27-16-10-15-25-12-8-9-19-31(25)27/h5-24,35H,4H2,1-3H3,(H,39,43)(H,40,44)(H,41,42)/b33-22+. The monoisotopic (exact) mass is 645 g/mol. The van der Waals surface area contributed by atoms with Crippen molar-refractivity contribution in [3.05, 3.63) is 132 Å². The predicted molar refractivity (Wildman–Crippen MR) is 189 cm³/mol. The maximum atomic E-state index is 13.7. The molecular weight excluding hydrogens is 611 g/mol. The molecule has 1 atom stereocenters. The van der Waals surface area contributed by atoms with E-state index >= 15 is 0 Å². The number of rotatable bonds is 12. The predicted octanol–water partition coefficient (Wildman–Crippen LogP) is 7.78. The van der Waals surface area contributed by atoms with E-state index in [1.54, 1.807) is 67.8 Å². The molecule has 5 aromatic carbocycles. The van der Waals surface area contributed by atoms with Crippen molar-refractivity contribution in [1.29, 1.82) is 0 Å². The van der Waals surface area contributed by atoms with Crippen LogP contribution in [-0.2, 0) is 9.59 Å². The summed E-state index contributed by atoms with van der Waals surface area (Å²) in [6, 6.07) is 34.9. The maximum Gasteiger partial charge on any atom is 0.272 e. The summed E-state index contributed by atoms with van der Waals surface area (Å²) >= 11 is 1.39. The minimum atomic E-state index is -0.485. The second kappa shape index (κ2) is 15.6. The van der Waals surface area contributed by atoms with Gasteiger partial charge in [-0.15, -0.1) is 11.8 Å². The molecule has 0 bridgehead atoms. The van der Waals surface area contributed by atoms with Crippen molar-refractivity contribution in [2.24, 2.45) is 0 Å². The number of thioether (sulfide) groups is 1. The molecular formula is C38H35N3O5S. The molecule has 0 aliphatic carbocycles. The largest absolute Gasteiger partial charge is 0.497 e. The molecule has 3 N–H and O–H groups in total. The molecule has 0 aromatic heterocycles. The average Bonchev–Trinajstić information content (AvgIpc) is 3.11. The molecule has 8 nitrogen and oxygen atoms in total. The molecule has 0 saturated heterocycles. The molecule has 0 saturated carbocycles. The van der Waals surface area contributed by atoms with Gasteiger partial charge in [0.2, 0.25) is 5.91 Å². The van der Waals surface area contributed by atoms with Crippen molar-refractivity contribution in [2.45, 2.75) is 23.5 Å². The number of ether oxygens (including phenoxy) is 2. The Balaban J connectivity index is 1.35. The van der Waals surface area contributed by atoms with Crippen LogP contribution in [0.3, 0.4) is 0 Å². The van der Waals surface area contributed by atoms with Crippen LogP contribution in [-0.4, -0.2) is 37.2 Å². The molecule has 238 valence electrons. The molecule has 0 fully saturated rings. The topological polar surface area (TPSA) is 106 Å². The first-order valence-corrected chi connectivity index (χ1v) is 15.9. The molecule has 5 rings (SSSR count). The fourth-order valence-electron chi connectivity index (χ4n) is 4.92. The van der Waals surface area contributed by atoms with E-state index in [0.717, 1.165) is 21.2 Å². The highest BCUT2D eigenvalue weighted by Gasteiger charge is 2.21. The lowest BCUT2D eigenvalue weighted by Crippen LogP contribution is -2.30. The van der Waals surface area contributed by atoms with Gasteiger partial charge < -0.3 is 25.4 Å². The number of methoxy groups -OCH3 is 2. The number of hydrogen-bond acceptors (Lipinski definition) is 6. The number of hydrogen-bond donors (Lipinski definition) is 3. The lowest BCUT2D eigenvalue weighted by molar-refractivity contribution is -0.116. The summed E-state index contributed by atoms with van der Waals surface area (Å²) < 4.78 is 10.7. The van der Waals surface area contributed by atoms with Gasteiger partial charge in [-0.2, -0.15) is 0 Å². The first-order chi connectivity index (χ1) is 22.9. The minimum Gasteiger partial charge on any atom is -0.497 e. The van der Waals surface area contributed by atoms with E-state index in [2.05, 4.69) is 16.0 Å². The van der Waals surface area contributed by atoms with Gasteiger partial charge in [0.05, 0.1) is 25.2 Å². The second-order valence-electron chi connectivity index (χ2n) is 10.5. The Bertz CT molecular complexity index is 1920. The van der Waals surface area contributed by atoms with Gasteiger partial charge >= 0.3 is 0 Å². The van der Waals surface area contributed by atoms with Crippen LogP contribution in [0.1, 0.15) is 29.3 Å². The third-order valence-corrected chi connectivity index (χ3v) is 8.71. The van der Waals surface area contributed by atoms with Gasteiger partial charge in [-0.1, -0.05) is 73.7 Å². The number of fused-ring (bicyclic) bond motifs is 1. The highest BCUT2D eigenvalue weighted by atomic mass is 32.2. The summed E-state index contributed by atoms with van der Waals surface area (Å²) in [6.07, 6.45) is 2.25. The van der Waals surface area contributed by atoms with Gasteiger partial charge in [0.25, 0.3) is 11.8 Å². The van der Waals surface area contributed by atoms with Crippen LogP contribution in [0.5, 0.6) is 11.5 Å². The van der Waals surface area contributed by atoms with Crippen LogP contribution in [0, 0.1) is 0 Å². The molecule has 47 heavy (non-hydrogen) atoms. The van der Waals surface area contributed by atoms with Gasteiger partial charge in [0.1, 0.15) is 17.2 Å². The van der Waals surface area contributed by atoms with Crippen molar-refractivity contribution in [1.82, 2.24) is 5.32 Å². The van der Waals surface area contributed by atoms with Gasteiger partial charge in [0, 0.05) is 22.2 Å². The molecule has 0 radical (unpaired) electrons. The third-order valence-electron chi connectivity index (χ3n) is 7.35. The lowest BCUT2D eigenvalue weighted by atomic mass is 10.0. The average molecular weight is 646 g/mol. The zero-order valence-corrected chi connectivity index (χ0v) is 27.1. The summed E-state index contributed by atoms with van der Waals surface area (Å²) in [5.41, 5.74) is 2.37. The number of benzene rings is 5. The maximum absolute atomic E-state index is 13.7. The van der Waals surface area contributed by atoms with E-state index in [4.69, 9.17) is 9.47 Å². The van der Waals surface area contributed by atoms with Gasteiger partial charge in [-0.3, -0.25) is 14.4 Å². The smallest absolute Gasteiger partial charge is 0.272 e. The number of amides is 3. The molecule has 1 unspecified atom stereocenters. The van der Waals surface area contributed by atoms with E-state index in [1.165, 1.54) is 18.9 Å². The molecule has 9 heteroatoms. The van der Waals surface area contributed by atoms with Gasteiger partial charge in [-0.05, 0) is 71.3 Å². The Labute approximate surface area is 278 Å². The van der Waals surface area contributed by atoms with Crippen molar-refractivity contribution < 1.29 is 23.9 Å². The third kappa shape index (κ3) is 8.39. The van der Waals surface area contributed by atoms with E-state index < -0.39 is 17.1 Å². The summed E-state index contributed by atoms with van der Waals surface area (Å²) in [5, 5.41) is 10.2. The Hall–Kier alpha value is -5.54. The van der Waals surface area contributed by atoms with E-state index in [0.29, 0.717) is 34.9 Å². The molecule has 0 aliphatic heterocycles. The van der Waals surface area contributed by atoms with Crippen LogP contribution in [0.25, 0.3) is 16.8 Å². The molecule has 0 heterocycles. The quantitative estimate of drug-likeness (QED) is 0.0946. The van der Waals surface area contributed by atoms with Gasteiger partial charge in [0.15, 0.2) is 0 Å². The SMILES string of the molecule is CCC(Sc1cccc(NC(=O)/C(=C\c2cccc3ccccc23)NC(=O)c2ccccc2)c1)C(=O)Nc1ccc(OC)cc1OC. The van der Waals surface area contributed by atoms with Crippen molar-refractivity contribution in [3.63, 3.8) is 0 Å². The summed E-state index contributed by atoms with van der Waals surface area (Å²) in [5.74, 6) is 0.0470. The van der Waals surface area contributed by atoms with Gasteiger partial charge in [-0.25, -0.2) is 0 Å². The highest BCUT2D eigenvalue weighted by molar-refractivity contribution is 8.00. The first-order valence-electron chi connectivity index (χ1n) is 15.0. The molecule has 5 aromatic rings. The fourth-order valence-corrected chi connectivity index (χ4v) is 5.93. The minimum absolute atomic E-state index is 0.0903. The zero-order chi connectivity index (χ0) is 33.2. The van der Waals surface area contributed by atoms with Crippen molar-refractivity contribution in [3.8, 4) is 11.5 Å². The zero-order valence-electron chi connectivity index (χ0n) is 26.3. The number of carbonyl (C=O) groups is 3. The van der Waals surface area contributed by atoms with Crippen LogP contribution in [0.15, 0.2) is 126 Å². The second-order valence-corrected chi connectivity index (χ2v) is 11.8. The van der Waals surface area contributed by atoms with Crippen LogP contribution in [0.4, 0.5) is 11.4 Å². The molecule has 0 aliphatic rings. The van der Waals surface area contributed by atoms with E-state index in [-0.39, 0.29) is 11.6 Å². The molecule has 0 spiro atoms. The Morgan fingerprint density at radius 1 is 0.787 bits per heavy atom. The fraction of sp³-hybridized carbons (Fsp3) is 0.132. The Kier molecular flexibility index (Phi) is 10.9. The van der Waals surface area contributed by atoms with Crippen molar-refractivity contribution in [2.75, 3.05) is 24.9 Å². The molecule has 3 amide bonds. The Morgan fingerprint density at radius 3 is 2.30 bits per heavy atom. The Morgan fingerprint density at radius 2 is 1.53 bits per heavy atom. The first kappa shape index (κ1) is 32.8. The summed E-state index contributed by atoms with van der Waals surface area (Å²) in [7, 11) is 3.10. The summed E-state index contributed by atoms with van der Waals surface area (Å²) in [4.78, 5) is 41.0. The van der Waals surface area contributed by atoms with Crippen molar-refractivity contribution >= 4 is 57.7 Å². The van der Waals surface area contributed by atoms with E-state index in [1.807, 2.05) is 67.6 Å². The van der Waals surface area contributed by atoms with Crippen LogP contribution < -0.4 is 25.4 Å². The number of nitrogens with one attached hydrogen (secondary N) is 3. The lowest BCUT2D eigenvalue weighted by Gasteiger charge is -2.17.